The first-order chi connectivity index (χ1) is 10.5. The molecule has 1 aromatic carbocycles. The highest BCUT2D eigenvalue weighted by Crippen LogP contribution is 2.29. The van der Waals surface area contributed by atoms with E-state index >= 15 is 0 Å². The van der Waals surface area contributed by atoms with Crippen LogP contribution in [0.3, 0.4) is 0 Å². The van der Waals surface area contributed by atoms with Crippen molar-refractivity contribution in [2.24, 2.45) is 17.1 Å². The average Bonchev–Trinajstić information content (AvgIpc) is 2.57. The number of nitrogens with two attached hydrogens (primary N) is 1. The van der Waals surface area contributed by atoms with Crippen LogP contribution in [0, 0.1) is 11.3 Å². The summed E-state index contributed by atoms with van der Waals surface area (Å²) in [6, 6.07) is 9.38. The first kappa shape index (κ1) is 21.9. The van der Waals surface area contributed by atoms with Crippen LogP contribution in [0.15, 0.2) is 30.3 Å². The SMILES string of the molecule is CCC(CC)(CCO)CNC(=O)C(C)C(N)c1ccccc1.Cl. The van der Waals surface area contributed by atoms with Crippen molar-refractivity contribution in [1.29, 1.82) is 0 Å². The second-order valence-corrected chi connectivity index (χ2v) is 6.12. The van der Waals surface area contributed by atoms with Gasteiger partial charge in [-0.2, -0.15) is 0 Å². The maximum Gasteiger partial charge on any atom is 0.224 e. The number of aliphatic hydroxyl groups is 1. The Morgan fingerprint density at radius 2 is 1.83 bits per heavy atom. The highest BCUT2D eigenvalue weighted by Gasteiger charge is 2.28. The van der Waals surface area contributed by atoms with Crippen molar-refractivity contribution < 1.29 is 9.90 Å². The molecule has 0 saturated heterocycles. The van der Waals surface area contributed by atoms with Gasteiger partial charge in [0, 0.05) is 19.2 Å². The Morgan fingerprint density at radius 3 is 2.30 bits per heavy atom. The molecule has 4 nitrogen and oxygen atoms in total. The van der Waals surface area contributed by atoms with E-state index < -0.39 is 0 Å². The number of amides is 1. The molecule has 0 bridgehead atoms. The Hall–Kier alpha value is -1.10. The predicted octanol–water partition coefficient (Wildman–Crippen LogP) is 3.05. The Kier molecular flexibility index (Phi) is 10.1. The average molecular weight is 343 g/mol. The third-order valence-electron chi connectivity index (χ3n) is 4.92. The summed E-state index contributed by atoms with van der Waals surface area (Å²) in [7, 11) is 0. The van der Waals surface area contributed by atoms with Crippen LogP contribution in [0.1, 0.15) is 51.6 Å². The fourth-order valence-electron chi connectivity index (χ4n) is 2.74. The zero-order chi connectivity index (χ0) is 16.6. The number of hydrogen-bond donors (Lipinski definition) is 3. The van der Waals surface area contributed by atoms with Crippen molar-refractivity contribution in [3.05, 3.63) is 35.9 Å². The van der Waals surface area contributed by atoms with E-state index in [1.165, 1.54) is 0 Å². The molecule has 0 aliphatic carbocycles. The highest BCUT2D eigenvalue weighted by atomic mass is 35.5. The zero-order valence-corrected chi connectivity index (χ0v) is 15.2. The van der Waals surface area contributed by atoms with Crippen LogP contribution in [-0.2, 0) is 4.79 Å². The number of nitrogens with one attached hydrogen (secondary N) is 1. The Labute approximate surface area is 146 Å². The van der Waals surface area contributed by atoms with E-state index in [9.17, 15) is 9.90 Å². The molecular weight excluding hydrogens is 312 g/mol. The normalized spacial score (nSPS) is 13.8. The van der Waals surface area contributed by atoms with Gasteiger partial charge in [0.05, 0.1) is 5.92 Å². The predicted molar refractivity (Wildman–Crippen MR) is 97.5 cm³/mol. The topological polar surface area (TPSA) is 75.3 Å². The molecule has 0 spiro atoms. The first-order valence-corrected chi connectivity index (χ1v) is 8.18. The maximum atomic E-state index is 12.4. The molecule has 5 heteroatoms. The number of aliphatic hydroxyl groups excluding tert-OH is 1. The van der Waals surface area contributed by atoms with Gasteiger partial charge in [0.25, 0.3) is 0 Å². The quantitative estimate of drug-likeness (QED) is 0.645. The monoisotopic (exact) mass is 342 g/mol. The van der Waals surface area contributed by atoms with Gasteiger partial charge in [0.1, 0.15) is 0 Å². The second-order valence-electron chi connectivity index (χ2n) is 6.12. The van der Waals surface area contributed by atoms with E-state index in [-0.39, 0.29) is 42.3 Å². The van der Waals surface area contributed by atoms with E-state index in [4.69, 9.17) is 5.73 Å². The van der Waals surface area contributed by atoms with Crippen molar-refractivity contribution in [2.45, 2.75) is 46.1 Å². The van der Waals surface area contributed by atoms with E-state index in [2.05, 4.69) is 19.2 Å². The van der Waals surface area contributed by atoms with Crippen LogP contribution >= 0.6 is 12.4 Å². The molecule has 1 aromatic rings. The van der Waals surface area contributed by atoms with E-state index in [0.717, 1.165) is 18.4 Å². The molecule has 2 unspecified atom stereocenters. The number of halogens is 1. The number of benzene rings is 1. The van der Waals surface area contributed by atoms with Gasteiger partial charge in [0.15, 0.2) is 0 Å². The minimum atomic E-state index is -0.309. The molecule has 0 saturated carbocycles. The van der Waals surface area contributed by atoms with Crippen LogP contribution in [-0.4, -0.2) is 24.2 Å². The Balaban J connectivity index is 0.00000484. The molecule has 0 fully saturated rings. The Morgan fingerprint density at radius 1 is 1.26 bits per heavy atom. The summed E-state index contributed by atoms with van der Waals surface area (Å²) < 4.78 is 0. The molecule has 0 aliphatic rings. The molecule has 1 amide bonds. The third-order valence-corrected chi connectivity index (χ3v) is 4.92. The van der Waals surface area contributed by atoms with Crippen LogP contribution < -0.4 is 11.1 Å². The highest BCUT2D eigenvalue weighted by molar-refractivity contribution is 5.85. The molecule has 1 rings (SSSR count). The van der Waals surface area contributed by atoms with Crippen LogP contribution in [0.5, 0.6) is 0 Å². The van der Waals surface area contributed by atoms with Gasteiger partial charge in [-0.25, -0.2) is 0 Å². The summed E-state index contributed by atoms with van der Waals surface area (Å²) in [4.78, 5) is 12.4. The van der Waals surface area contributed by atoms with Crippen LogP contribution in [0.2, 0.25) is 0 Å². The molecule has 23 heavy (non-hydrogen) atoms. The number of rotatable bonds is 9. The summed E-state index contributed by atoms with van der Waals surface area (Å²) in [6.45, 7) is 6.80. The largest absolute Gasteiger partial charge is 0.396 e. The van der Waals surface area contributed by atoms with E-state index in [1.54, 1.807) is 0 Å². The molecule has 2 atom stereocenters. The number of hydrogen-bond acceptors (Lipinski definition) is 3. The van der Waals surface area contributed by atoms with Gasteiger partial charge in [-0.1, -0.05) is 51.1 Å². The third kappa shape index (κ3) is 6.13. The number of carbonyl (C=O) groups excluding carboxylic acids is 1. The van der Waals surface area contributed by atoms with Crippen molar-refractivity contribution in [3.63, 3.8) is 0 Å². The van der Waals surface area contributed by atoms with Gasteiger partial charge < -0.3 is 16.2 Å². The molecule has 0 heterocycles. The lowest BCUT2D eigenvalue weighted by molar-refractivity contribution is -0.125. The van der Waals surface area contributed by atoms with Crippen LogP contribution in [0.25, 0.3) is 0 Å². The Bertz CT molecular complexity index is 450. The lowest BCUT2D eigenvalue weighted by atomic mass is 9.79. The van der Waals surface area contributed by atoms with Crippen molar-refractivity contribution >= 4 is 18.3 Å². The maximum absolute atomic E-state index is 12.4. The molecule has 4 N–H and O–H groups in total. The van der Waals surface area contributed by atoms with Gasteiger partial charge >= 0.3 is 0 Å². The first-order valence-electron chi connectivity index (χ1n) is 8.18. The molecular formula is C18H31ClN2O2. The number of carbonyl (C=O) groups is 1. The smallest absolute Gasteiger partial charge is 0.224 e. The summed E-state index contributed by atoms with van der Waals surface area (Å²) in [5, 5.41) is 12.3. The fourth-order valence-corrected chi connectivity index (χ4v) is 2.74. The van der Waals surface area contributed by atoms with Crippen molar-refractivity contribution in [1.82, 2.24) is 5.32 Å². The lowest BCUT2D eigenvalue weighted by Crippen LogP contribution is -2.42. The molecule has 132 valence electrons. The summed E-state index contributed by atoms with van der Waals surface area (Å²) in [5.41, 5.74) is 7.14. The summed E-state index contributed by atoms with van der Waals surface area (Å²) in [5.74, 6) is -0.316. The molecule has 0 aromatic heterocycles. The molecule has 0 radical (unpaired) electrons. The van der Waals surface area contributed by atoms with Gasteiger partial charge in [-0.3, -0.25) is 4.79 Å². The van der Waals surface area contributed by atoms with Crippen LogP contribution in [0.4, 0.5) is 0 Å². The van der Waals surface area contributed by atoms with Gasteiger partial charge in [-0.15, -0.1) is 12.4 Å². The van der Waals surface area contributed by atoms with Gasteiger partial charge in [0.2, 0.25) is 5.91 Å². The fraction of sp³-hybridized carbons (Fsp3) is 0.611. The van der Waals surface area contributed by atoms with Crippen molar-refractivity contribution in [3.8, 4) is 0 Å². The second kappa shape index (κ2) is 10.6. The summed E-state index contributed by atoms with van der Waals surface area (Å²) in [6.07, 6.45) is 2.58. The lowest BCUT2D eigenvalue weighted by Gasteiger charge is -2.32. The molecule has 0 aliphatic heterocycles. The van der Waals surface area contributed by atoms with Gasteiger partial charge in [-0.05, 0) is 30.2 Å². The standard InChI is InChI=1S/C18H30N2O2.ClH/c1-4-18(5-2,11-12-21)13-20-17(22)14(3)16(19)15-9-7-6-8-10-15;/h6-10,14,16,21H,4-5,11-13,19H2,1-3H3,(H,20,22);1H. The van der Waals surface area contributed by atoms with E-state index in [0.29, 0.717) is 13.0 Å². The summed E-state index contributed by atoms with van der Waals surface area (Å²) >= 11 is 0. The minimum Gasteiger partial charge on any atom is -0.396 e. The van der Waals surface area contributed by atoms with Crippen molar-refractivity contribution in [2.75, 3.05) is 13.2 Å². The zero-order valence-electron chi connectivity index (χ0n) is 14.4. The van der Waals surface area contributed by atoms with E-state index in [1.807, 2.05) is 37.3 Å². The minimum absolute atomic E-state index is 0.